The largest absolute Gasteiger partial charge is 0.0623 e. The maximum atomic E-state index is 2.00. The van der Waals surface area contributed by atoms with Gasteiger partial charge in [0.1, 0.15) is 0 Å². The summed E-state index contributed by atoms with van der Waals surface area (Å²) in [6.07, 6.45) is 0. The van der Waals surface area contributed by atoms with Crippen LogP contribution in [0.1, 0.15) is 0 Å². The van der Waals surface area contributed by atoms with Gasteiger partial charge in [0.2, 0.25) is 0 Å². The molecule has 10 aliphatic heterocycles. The summed E-state index contributed by atoms with van der Waals surface area (Å²) in [5.41, 5.74) is 0. The monoisotopic (exact) mass is 364 g/mol. The summed E-state index contributed by atoms with van der Waals surface area (Å²) in [4.78, 5) is 15.9. The minimum atomic E-state index is -2.28. The first-order valence-corrected chi connectivity index (χ1v) is 13.7. The molecule has 0 nitrogen and oxygen atoms in total. The van der Waals surface area contributed by atoms with E-state index in [4.69, 9.17) is 0 Å². The molecule has 0 bridgehead atoms. The standard InChI is InChI=1S/C6H6.2C5H5.5FH.Fe/c1-2-4-6-5-3-1;2*1-2-4-5-3-1;;;;;;/h1-6H;2*1-5H;5*1H;. The zero-order chi connectivity index (χ0) is 10.3. The van der Waals surface area contributed by atoms with Crippen molar-refractivity contribution in [3.63, 3.8) is 0 Å². The summed E-state index contributed by atoms with van der Waals surface area (Å²) >= 11 is 0. The van der Waals surface area contributed by atoms with Gasteiger partial charge < -0.3 is 0 Å². The van der Waals surface area contributed by atoms with Crippen LogP contribution in [0.4, 0.5) is 23.5 Å². The molecule has 11 rings (SSSR count). The van der Waals surface area contributed by atoms with Gasteiger partial charge in [-0.2, -0.15) is 0 Å². The molecule has 0 amide bonds. The molecule has 10 saturated heterocycles. The molecule has 10 heterocycles. The summed E-state index contributed by atoms with van der Waals surface area (Å²) < 4.78 is 0. The molecule has 0 radical (unpaired) electrons. The molecule has 0 aliphatic carbocycles. The normalized spacial score (nSPS) is 87.6. The zero-order valence-electron chi connectivity index (χ0n) is 11.6. The number of halogens is 5. The third-order valence-electron chi connectivity index (χ3n) is 15.2. The predicted molar refractivity (Wildman–Crippen MR) is 76.5 cm³/mol. The van der Waals surface area contributed by atoms with Gasteiger partial charge in [0.15, 0.2) is 0 Å². The Hall–Kier alpha value is -0.611. The third kappa shape index (κ3) is 0.155. The van der Waals surface area contributed by atoms with Gasteiger partial charge in [0.25, 0.3) is 0 Å². The van der Waals surface area contributed by atoms with E-state index in [-0.39, 0.29) is 23.5 Å². The first kappa shape index (κ1) is 13.8. The molecule has 10 fully saturated rings. The van der Waals surface area contributed by atoms with Gasteiger partial charge >= 0.3 is 54.7 Å². The zero-order valence-corrected chi connectivity index (χ0v) is 12.7. The van der Waals surface area contributed by atoms with Crippen molar-refractivity contribution in [1.82, 2.24) is 0 Å². The van der Waals surface area contributed by atoms with Crippen molar-refractivity contribution in [3.8, 4) is 0 Å². The molecule has 1 spiro atoms. The van der Waals surface area contributed by atoms with Crippen LogP contribution in [-0.2, 0) is 6.51 Å². The first-order valence-electron chi connectivity index (χ1n) is 7.37. The Morgan fingerprint density at radius 3 is 0.500 bits per heavy atom. The molecular weight excluding hydrogens is 343 g/mol. The van der Waals surface area contributed by atoms with Gasteiger partial charge in [0, 0.05) is 0 Å². The predicted octanol–water partition coefficient (Wildman–Crippen LogP) is 5.82. The van der Waals surface area contributed by atoms with Crippen LogP contribution in [0, 0.1) is 0 Å². The second kappa shape index (κ2) is 1.19. The molecule has 1 aromatic carbocycles. The topological polar surface area (TPSA) is 0 Å². The van der Waals surface area contributed by atoms with Crippen molar-refractivity contribution < 1.29 is 30.0 Å². The number of benzene rings is 1. The van der Waals surface area contributed by atoms with E-state index in [9.17, 15) is 0 Å². The van der Waals surface area contributed by atoms with Crippen molar-refractivity contribution >= 4 is 0 Å². The second-order valence-corrected chi connectivity index (χ2v) is 34.7. The molecule has 0 atom stereocenters. The molecule has 10 aliphatic rings. The third-order valence-corrected chi connectivity index (χ3v) is 57.1. The molecule has 0 N–H and O–H groups in total. The molecule has 0 saturated carbocycles. The fourth-order valence-corrected chi connectivity index (χ4v) is 88.4. The Balaban J connectivity index is 0.0000000950. The van der Waals surface area contributed by atoms with E-state index in [0.29, 0.717) is 0 Å². The van der Waals surface area contributed by atoms with Gasteiger partial charge in [-0.15, -0.1) is 0 Å². The Kier molecular flexibility index (Phi) is 0.744. The van der Waals surface area contributed by atoms with Crippen LogP contribution < -0.4 is 0 Å². The molecular formula is C16H21F5Fe. The van der Waals surface area contributed by atoms with Crippen LogP contribution in [0.2, 0.25) is 48.2 Å². The van der Waals surface area contributed by atoms with Crippen LogP contribution in [0.25, 0.3) is 0 Å². The van der Waals surface area contributed by atoms with Crippen molar-refractivity contribution in [3.05, 3.63) is 36.4 Å². The van der Waals surface area contributed by atoms with Crippen LogP contribution in [0.15, 0.2) is 36.4 Å². The summed E-state index contributed by atoms with van der Waals surface area (Å²) in [5, 5.41) is 0. The van der Waals surface area contributed by atoms with Crippen LogP contribution in [0.5, 0.6) is 0 Å². The molecule has 128 valence electrons. The van der Waals surface area contributed by atoms with Crippen molar-refractivity contribution in [2.75, 3.05) is 0 Å². The molecule has 6 heteroatoms. The van der Waals surface area contributed by atoms with Gasteiger partial charge in [-0.25, -0.2) is 0 Å². The number of fused-ring (bicyclic) bond motifs is 10. The van der Waals surface area contributed by atoms with E-state index in [1.54, 1.807) is 48.2 Å². The summed E-state index contributed by atoms with van der Waals surface area (Å²) in [7, 11) is 0. The maximum absolute atomic E-state index is 2.28. The average Bonchev–Trinajstić information content (AvgIpc) is 3.33. The molecule has 22 heavy (non-hydrogen) atoms. The van der Waals surface area contributed by atoms with E-state index >= 15 is 0 Å². The average molecular weight is 364 g/mol. The van der Waals surface area contributed by atoms with Crippen LogP contribution in [-0.4, -0.2) is 0 Å². The minimum Gasteiger partial charge on any atom is -0.0623 e. The van der Waals surface area contributed by atoms with E-state index in [1.807, 2.05) is 36.4 Å². The summed E-state index contributed by atoms with van der Waals surface area (Å²) in [5.74, 6) is 0. The van der Waals surface area contributed by atoms with E-state index in [0.717, 1.165) is 0 Å². The van der Waals surface area contributed by atoms with E-state index in [2.05, 4.69) is 0 Å². The minimum absolute atomic E-state index is 0. The van der Waals surface area contributed by atoms with Crippen molar-refractivity contribution in [2.24, 2.45) is 0 Å². The first-order chi connectivity index (χ1) is 8.16. The fraction of sp³-hybridized carbons (Fsp3) is 0.625. The SMILES string of the molecule is F.F.F.F.F.[CH]12[CH]3[CH]4[CH]5[CH]1[Fe]23451678[CH]2[CH]1[CH]6[CH]7[CH]28.c1ccccc1. The summed E-state index contributed by atoms with van der Waals surface area (Å²) in [6.45, 7) is -2.28. The Morgan fingerprint density at radius 2 is 0.455 bits per heavy atom. The van der Waals surface area contributed by atoms with Gasteiger partial charge in [0.05, 0.1) is 0 Å². The van der Waals surface area contributed by atoms with Crippen molar-refractivity contribution in [1.29, 1.82) is 0 Å². The quantitative estimate of drug-likeness (QED) is 0.402. The Labute approximate surface area is 115 Å². The number of hydrogen-bond donors (Lipinski definition) is 0. The Bertz CT molecular complexity index is 783. The van der Waals surface area contributed by atoms with Crippen LogP contribution >= 0.6 is 0 Å². The Morgan fingerprint density at radius 1 is 0.318 bits per heavy atom. The molecule has 1 aromatic rings. The van der Waals surface area contributed by atoms with Crippen LogP contribution in [0.3, 0.4) is 0 Å². The van der Waals surface area contributed by atoms with Gasteiger partial charge in [-0.05, 0) is 0 Å². The summed E-state index contributed by atoms with van der Waals surface area (Å²) in [6, 6.07) is 12.0. The van der Waals surface area contributed by atoms with E-state index < -0.39 is 6.51 Å². The van der Waals surface area contributed by atoms with Gasteiger partial charge in [-0.3, -0.25) is 23.5 Å². The number of hydrogen-bond acceptors (Lipinski definition) is 0. The number of rotatable bonds is 0. The fourth-order valence-electron chi connectivity index (χ4n) is 16.2. The molecule has 0 unspecified atom stereocenters. The smallest absolute Gasteiger partial charge is 0.0623 e. The van der Waals surface area contributed by atoms with E-state index in [1.165, 1.54) is 0 Å². The molecule has 0 aromatic heterocycles. The van der Waals surface area contributed by atoms with Crippen molar-refractivity contribution in [2.45, 2.75) is 48.2 Å². The maximum Gasteiger partial charge on any atom is -0.0623 e. The second-order valence-electron chi connectivity index (χ2n) is 10.7. The van der Waals surface area contributed by atoms with Gasteiger partial charge in [-0.1, -0.05) is 36.4 Å².